The van der Waals surface area contributed by atoms with Gasteiger partial charge in [0.25, 0.3) is 20.0 Å². The maximum Gasteiger partial charge on any atom is 0.277 e. The molecule has 4 N–H and O–H groups in total. The van der Waals surface area contributed by atoms with E-state index in [1.54, 1.807) is 0 Å². The van der Waals surface area contributed by atoms with Crippen molar-refractivity contribution in [2.24, 2.45) is 10.2 Å². The van der Waals surface area contributed by atoms with Gasteiger partial charge in [0, 0.05) is 60.6 Å². The van der Waals surface area contributed by atoms with E-state index in [0.717, 1.165) is 78.4 Å². The Morgan fingerprint density at radius 2 is 0.947 bits per heavy atom. The van der Waals surface area contributed by atoms with Crippen LogP contribution in [0.2, 0.25) is 0 Å². The van der Waals surface area contributed by atoms with Gasteiger partial charge in [0.1, 0.15) is 0 Å². The highest BCUT2D eigenvalue weighted by Crippen LogP contribution is 2.48. The first-order valence-corrected chi connectivity index (χ1v) is 36.1. The fourth-order valence-corrected chi connectivity index (χ4v) is 15.6. The number of sulfonamides is 2. The topological polar surface area (TPSA) is 182 Å². The van der Waals surface area contributed by atoms with Crippen molar-refractivity contribution in [1.29, 1.82) is 0 Å². The summed E-state index contributed by atoms with van der Waals surface area (Å²) in [5.41, 5.74) is 14.9. The largest absolute Gasteiger partial charge is 1.00 e. The van der Waals surface area contributed by atoms with E-state index in [4.69, 9.17) is 0 Å². The Hall–Kier alpha value is -7.66. The van der Waals surface area contributed by atoms with E-state index in [0.29, 0.717) is 48.8 Å². The summed E-state index contributed by atoms with van der Waals surface area (Å²) < 4.78 is 57.6. The second-order valence-electron chi connectivity index (χ2n) is 27.8. The molecule has 0 atom stereocenters. The summed E-state index contributed by atoms with van der Waals surface area (Å²) in [6, 6.07) is 40.3. The van der Waals surface area contributed by atoms with Crippen molar-refractivity contribution < 1.29 is 43.4 Å². The summed E-state index contributed by atoms with van der Waals surface area (Å²) in [6.07, 6.45) is 11.3. The van der Waals surface area contributed by atoms with Crippen LogP contribution in [-0.4, -0.2) is 77.5 Å². The molecule has 94 heavy (non-hydrogen) atoms. The van der Waals surface area contributed by atoms with Crippen molar-refractivity contribution in [1.82, 2.24) is 20.3 Å². The van der Waals surface area contributed by atoms with Gasteiger partial charge in [0.15, 0.2) is 12.3 Å². The molecule has 502 valence electrons. The van der Waals surface area contributed by atoms with Crippen molar-refractivity contribution in [2.45, 2.75) is 193 Å². The van der Waals surface area contributed by atoms with Crippen LogP contribution in [0.5, 0.6) is 0 Å². The van der Waals surface area contributed by atoms with Gasteiger partial charge in [0.05, 0.1) is 34.1 Å². The number of para-hydroxylation sites is 2. The second kappa shape index (κ2) is 31.3. The highest BCUT2D eigenvalue weighted by Gasteiger charge is 2.45. The molecule has 8 rings (SSSR count). The van der Waals surface area contributed by atoms with Gasteiger partial charge in [0.2, 0.25) is 17.5 Å². The summed E-state index contributed by atoms with van der Waals surface area (Å²) in [5, 5.41) is 14.6. The Kier molecular flexibility index (Phi) is 24.5. The Bertz CT molecular complexity index is 4030. The fraction of sp³-hybridized carbons (Fsp3) is 0.416. The minimum absolute atomic E-state index is 0. The van der Waals surface area contributed by atoms with Gasteiger partial charge in [-0.2, -0.15) is 31.6 Å². The zero-order valence-electron chi connectivity index (χ0n) is 58.0. The number of carbonyl (C=O) groups excluding carboxylic acids is 2. The van der Waals surface area contributed by atoms with Gasteiger partial charge in [-0.25, -0.2) is 9.66 Å². The average molecular weight is 1330 g/mol. The maximum atomic E-state index is 13.8. The summed E-state index contributed by atoms with van der Waals surface area (Å²) in [6.45, 7) is 35.4. The Morgan fingerprint density at radius 3 is 1.38 bits per heavy atom. The average Bonchev–Trinajstić information content (AvgIpc) is 1.48. The number of hydrogen-bond acceptors (Lipinski definition) is 9. The molecular formula is C77H99ClN8O6S2. The van der Waals surface area contributed by atoms with E-state index in [9.17, 15) is 26.4 Å². The number of halogens is 1. The lowest BCUT2D eigenvalue weighted by Gasteiger charge is -2.27. The molecule has 6 aromatic carbocycles. The van der Waals surface area contributed by atoms with Crippen molar-refractivity contribution in [3.05, 3.63) is 212 Å². The van der Waals surface area contributed by atoms with Gasteiger partial charge in [-0.3, -0.25) is 9.59 Å². The SMILES string of the molecule is CC(C)c1cc(C(C)C)c(S(=O)(=O)N/N=C/c2ccc(CCNC(=O)CCN3C(=CC=CC4=[N+](CCC(=O)NCCc5ccc(/C=N/NS(=O)(=O)c6c(C(C)C)cc(C(C)C)cc6C(C)C)cc5)c5ccccc5C4(C)C)C(C)(C)c4ccccc43)cc2)c(C(C)C)c1.[Cl-]. The predicted molar refractivity (Wildman–Crippen MR) is 382 cm³/mol. The van der Waals surface area contributed by atoms with Gasteiger partial charge >= 0.3 is 0 Å². The Labute approximate surface area is 567 Å². The number of allylic oxidation sites excluding steroid dienone is 4. The molecule has 0 saturated carbocycles. The molecule has 0 radical (unpaired) electrons. The van der Waals surface area contributed by atoms with Crippen molar-refractivity contribution in [3.8, 4) is 0 Å². The predicted octanol–water partition coefficient (Wildman–Crippen LogP) is 12.2. The van der Waals surface area contributed by atoms with Gasteiger partial charge in [-0.15, -0.1) is 0 Å². The molecule has 17 heteroatoms. The third kappa shape index (κ3) is 17.2. The van der Waals surface area contributed by atoms with Crippen LogP contribution in [0.15, 0.2) is 165 Å². The van der Waals surface area contributed by atoms with E-state index < -0.39 is 20.0 Å². The molecule has 0 aliphatic carbocycles. The lowest BCUT2D eigenvalue weighted by molar-refractivity contribution is -0.436. The first-order valence-electron chi connectivity index (χ1n) is 33.1. The number of anilines is 1. The van der Waals surface area contributed by atoms with E-state index in [-0.39, 0.29) is 83.4 Å². The zero-order chi connectivity index (χ0) is 67.7. The van der Waals surface area contributed by atoms with Gasteiger partial charge in [-0.1, -0.05) is 212 Å². The third-order valence-corrected chi connectivity index (χ3v) is 20.8. The van der Waals surface area contributed by atoms with E-state index in [1.807, 2.05) is 140 Å². The lowest BCUT2D eigenvalue weighted by Crippen LogP contribution is -3.00. The van der Waals surface area contributed by atoms with Crippen molar-refractivity contribution in [3.63, 3.8) is 0 Å². The van der Waals surface area contributed by atoms with Crippen LogP contribution in [0, 0.1) is 0 Å². The van der Waals surface area contributed by atoms with Gasteiger partial charge < -0.3 is 27.9 Å². The zero-order valence-corrected chi connectivity index (χ0v) is 60.4. The standard InChI is InChI=1S/C77H98N8O6S2.ClH/c1-50(2)60-44-62(52(5)6)74(63(45-60)53(7)8)92(88,89)82-80-48-58-32-28-56(29-33-58)36-40-78-72(86)38-42-84-68-24-19-17-22-66(68)76(13,14)70(84)26-21-27-71-77(15,16)67-23-18-20-25-69(67)85(71)43-39-73(87)79-41-37-57-30-34-59(35-31-57)49-81-83-93(90,91)75-64(54(9)10)46-61(51(3)4)47-65(75)55(11)12;/h17-35,44-55,82-83H,36-43H2,1-16H3,(H-,78,79,86,87);1H/b80-48+,81-49+;. The van der Waals surface area contributed by atoms with Crippen LogP contribution in [-0.2, 0) is 53.3 Å². The second-order valence-corrected chi connectivity index (χ2v) is 31.0. The molecule has 6 aromatic rings. The molecule has 2 aliphatic heterocycles. The minimum atomic E-state index is -3.95. The lowest BCUT2D eigenvalue weighted by atomic mass is 9.81. The van der Waals surface area contributed by atoms with Crippen LogP contribution < -0.4 is 37.6 Å². The Morgan fingerprint density at radius 1 is 0.532 bits per heavy atom. The molecule has 0 bridgehead atoms. The molecule has 0 aromatic heterocycles. The molecule has 14 nitrogen and oxygen atoms in total. The van der Waals surface area contributed by atoms with E-state index in [2.05, 4.69) is 150 Å². The van der Waals surface area contributed by atoms with Gasteiger partial charge in [-0.05, 0) is 136 Å². The summed E-state index contributed by atoms with van der Waals surface area (Å²) in [5.74, 6) is 0.455. The molecule has 0 spiro atoms. The maximum absolute atomic E-state index is 13.8. The monoisotopic (exact) mass is 1330 g/mol. The smallest absolute Gasteiger partial charge is 0.277 e. The number of amides is 2. The number of rotatable bonds is 28. The normalized spacial score (nSPS) is 15.0. The van der Waals surface area contributed by atoms with Crippen LogP contribution in [0.4, 0.5) is 11.4 Å². The highest BCUT2D eigenvalue weighted by atomic mass is 35.5. The minimum Gasteiger partial charge on any atom is -1.00 e. The molecule has 2 aliphatic rings. The van der Waals surface area contributed by atoms with E-state index >= 15 is 0 Å². The Balaban J connectivity index is 0.0000125. The number of carbonyl (C=O) groups is 2. The van der Waals surface area contributed by atoms with Crippen LogP contribution in [0.25, 0.3) is 0 Å². The number of nitrogens with zero attached hydrogens (tertiary/aromatic N) is 4. The van der Waals surface area contributed by atoms with Crippen LogP contribution >= 0.6 is 0 Å². The summed E-state index contributed by atoms with van der Waals surface area (Å²) in [4.78, 5) is 35.0. The first kappa shape index (κ1) is 73.7. The molecule has 0 saturated heterocycles. The fourth-order valence-electron chi connectivity index (χ4n) is 12.7. The molecule has 2 heterocycles. The quantitative estimate of drug-likeness (QED) is 0.0214. The van der Waals surface area contributed by atoms with Crippen molar-refractivity contribution in [2.75, 3.05) is 31.1 Å². The number of benzene rings is 6. The number of hydrazone groups is 2. The number of nitrogens with one attached hydrogen (secondary N) is 4. The highest BCUT2D eigenvalue weighted by molar-refractivity contribution is 7.89. The van der Waals surface area contributed by atoms with Crippen molar-refractivity contribution >= 4 is 61.4 Å². The number of fused-ring (bicyclic) bond motifs is 2. The number of hydrogen-bond donors (Lipinski definition) is 4. The molecule has 0 unspecified atom stereocenters. The van der Waals surface area contributed by atoms with Crippen LogP contribution in [0.3, 0.4) is 0 Å². The first-order chi connectivity index (χ1) is 43.9. The third-order valence-electron chi connectivity index (χ3n) is 18.1. The summed E-state index contributed by atoms with van der Waals surface area (Å²) >= 11 is 0. The van der Waals surface area contributed by atoms with E-state index in [1.165, 1.54) is 23.6 Å². The molecule has 2 amide bonds. The molecular weight excluding hydrogens is 1230 g/mol. The van der Waals surface area contributed by atoms with Crippen LogP contribution in [0.1, 0.15) is 226 Å². The molecule has 0 fully saturated rings. The summed E-state index contributed by atoms with van der Waals surface area (Å²) in [7, 11) is -7.90.